The lowest BCUT2D eigenvalue weighted by molar-refractivity contribution is 0.0118. The number of carbonyl (C=O) groups excluding carboxylic acids is 2. The Morgan fingerprint density at radius 3 is 1.41 bits per heavy atom. The van der Waals surface area contributed by atoms with Crippen molar-refractivity contribution in [1.82, 2.24) is 11.0 Å². The van der Waals surface area contributed by atoms with E-state index in [0.29, 0.717) is 0 Å². The second kappa shape index (κ2) is 7.80. The van der Waals surface area contributed by atoms with E-state index in [4.69, 9.17) is 18.7 Å². The van der Waals surface area contributed by atoms with Crippen LogP contribution in [0.15, 0.2) is 0 Å². The first kappa shape index (κ1) is 20.7. The summed E-state index contributed by atoms with van der Waals surface area (Å²) in [5, 5.41) is 0. The summed E-state index contributed by atoms with van der Waals surface area (Å²) < 4.78 is 31.4. The molecule has 0 aromatic rings. The molecule has 2 N–H and O–H groups in total. The molecule has 10 heteroatoms. The van der Waals surface area contributed by atoms with Crippen molar-refractivity contribution < 1.29 is 32.9 Å². The van der Waals surface area contributed by atoms with Crippen molar-refractivity contribution in [3.63, 3.8) is 0 Å². The van der Waals surface area contributed by atoms with Gasteiger partial charge in [0.15, 0.2) is 0 Å². The third-order valence-corrected chi connectivity index (χ3v) is 3.23. The molecular formula is C12H25N2O7P. The summed E-state index contributed by atoms with van der Waals surface area (Å²) in [5.41, 5.74) is 2.25. The molecule has 0 spiro atoms. The molecule has 22 heavy (non-hydrogen) atoms. The molecule has 0 fully saturated rings. The molecule has 0 aliphatic heterocycles. The van der Waals surface area contributed by atoms with E-state index < -0.39 is 31.0 Å². The van der Waals surface area contributed by atoms with Gasteiger partial charge < -0.3 is 9.47 Å². The quantitative estimate of drug-likeness (QED) is 0.584. The number of hydroxylamine groups is 2. The summed E-state index contributed by atoms with van der Waals surface area (Å²) in [6, 6.07) is 0. The Balaban J connectivity index is 4.39. The van der Waals surface area contributed by atoms with Crippen LogP contribution in [0.4, 0.5) is 9.59 Å². The Morgan fingerprint density at radius 2 is 1.18 bits per heavy atom. The van der Waals surface area contributed by atoms with Gasteiger partial charge in [-0.1, -0.05) is 6.92 Å². The van der Waals surface area contributed by atoms with Crippen molar-refractivity contribution in [3.8, 4) is 0 Å². The van der Waals surface area contributed by atoms with Gasteiger partial charge in [-0.2, -0.15) is 20.2 Å². The van der Waals surface area contributed by atoms with Gasteiger partial charge in [0.25, 0.3) is 0 Å². The zero-order valence-corrected chi connectivity index (χ0v) is 14.9. The van der Waals surface area contributed by atoms with Gasteiger partial charge in [0.05, 0.1) is 6.16 Å². The van der Waals surface area contributed by atoms with Crippen molar-refractivity contribution in [2.24, 2.45) is 0 Å². The Kier molecular flexibility index (Phi) is 7.34. The highest BCUT2D eigenvalue weighted by Crippen LogP contribution is 2.45. The largest absolute Gasteiger partial charge is 0.442 e. The minimum absolute atomic E-state index is 0.0986. The molecule has 0 rings (SSSR count). The fourth-order valence-corrected chi connectivity index (χ4v) is 1.68. The van der Waals surface area contributed by atoms with E-state index in [0.717, 1.165) is 0 Å². The first-order valence-corrected chi connectivity index (χ1v) is 8.43. The number of carbonyl (C=O) groups is 2. The number of hydrogen-bond donors (Lipinski definition) is 2. The van der Waals surface area contributed by atoms with Crippen LogP contribution in [0.2, 0.25) is 0 Å². The summed E-state index contributed by atoms with van der Waals surface area (Å²) in [6.45, 7) is 11.5. The molecule has 9 nitrogen and oxygen atoms in total. The van der Waals surface area contributed by atoms with Gasteiger partial charge in [-0.25, -0.2) is 9.59 Å². The zero-order chi connectivity index (χ0) is 17.6. The smallest absolute Gasteiger partial charge is 0.432 e. The molecular weight excluding hydrogens is 315 g/mol. The minimum atomic E-state index is -3.76. The Morgan fingerprint density at radius 1 is 0.864 bits per heavy atom. The maximum absolute atomic E-state index is 12.1. The van der Waals surface area contributed by atoms with E-state index in [1.165, 1.54) is 6.92 Å². The van der Waals surface area contributed by atoms with Gasteiger partial charge in [-0.3, -0.25) is 4.57 Å². The lowest BCUT2D eigenvalue weighted by Gasteiger charge is -2.22. The van der Waals surface area contributed by atoms with Crippen LogP contribution in [-0.4, -0.2) is 29.6 Å². The van der Waals surface area contributed by atoms with E-state index >= 15 is 0 Å². The summed E-state index contributed by atoms with van der Waals surface area (Å²) in [4.78, 5) is 22.8. The molecule has 0 saturated heterocycles. The van der Waals surface area contributed by atoms with E-state index in [1.807, 2.05) is 11.0 Å². The number of rotatable bonds is 5. The molecule has 0 aliphatic rings. The molecule has 0 aromatic carbocycles. The van der Waals surface area contributed by atoms with Crippen LogP contribution in [-0.2, 0) is 23.3 Å². The maximum atomic E-state index is 12.1. The van der Waals surface area contributed by atoms with Crippen molar-refractivity contribution >= 4 is 19.8 Å². The lowest BCUT2D eigenvalue weighted by atomic mass is 10.2. The van der Waals surface area contributed by atoms with Crippen molar-refractivity contribution in [3.05, 3.63) is 0 Å². The van der Waals surface area contributed by atoms with Gasteiger partial charge >= 0.3 is 19.8 Å². The minimum Gasteiger partial charge on any atom is -0.442 e. The molecule has 0 aromatic heterocycles. The van der Waals surface area contributed by atoms with Gasteiger partial charge in [0.1, 0.15) is 11.2 Å². The first-order chi connectivity index (χ1) is 9.76. The van der Waals surface area contributed by atoms with E-state index in [1.54, 1.807) is 41.5 Å². The summed E-state index contributed by atoms with van der Waals surface area (Å²) >= 11 is 0. The molecule has 130 valence electrons. The normalized spacial score (nSPS) is 12.5. The molecule has 0 radical (unpaired) electrons. The SMILES string of the molecule is CCP(=O)(ONC(=O)OC(C)(C)C)ONC(=O)OC(C)(C)C. The highest BCUT2D eigenvalue weighted by Gasteiger charge is 2.28. The summed E-state index contributed by atoms with van der Waals surface area (Å²) in [6.07, 6.45) is -1.96. The number of hydrogen-bond acceptors (Lipinski definition) is 7. The van der Waals surface area contributed by atoms with E-state index in [-0.39, 0.29) is 6.16 Å². The second-order valence-electron chi connectivity index (χ2n) is 6.32. The van der Waals surface area contributed by atoms with Crippen LogP contribution in [0.1, 0.15) is 48.5 Å². The first-order valence-electron chi connectivity index (χ1n) is 6.70. The van der Waals surface area contributed by atoms with Crippen LogP contribution < -0.4 is 11.0 Å². The standard InChI is InChI=1S/C12H25N2O7P/c1-8-22(17,20-13-9(15)18-11(2,3)4)21-14-10(16)19-12(5,6)7/h8H2,1-7H3,(H,13,15)(H,14,16). The zero-order valence-electron chi connectivity index (χ0n) is 14.0. The molecule has 0 bridgehead atoms. The maximum Gasteiger partial charge on any atom is 0.432 e. The molecule has 0 atom stereocenters. The average Bonchev–Trinajstić information content (AvgIpc) is 2.30. The van der Waals surface area contributed by atoms with Crippen molar-refractivity contribution in [1.29, 1.82) is 0 Å². The van der Waals surface area contributed by atoms with Crippen LogP contribution in [0, 0.1) is 0 Å². The van der Waals surface area contributed by atoms with Crippen LogP contribution in [0.5, 0.6) is 0 Å². The topological polar surface area (TPSA) is 112 Å². The van der Waals surface area contributed by atoms with Gasteiger partial charge in [0.2, 0.25) is 0 Å². The Hall–Kier alpha value is -1.31. The van der Waals surface area contributed by atoms with Gasteiger partial charge in [-0.15, -0.1) is 0 Å². The van der Waals surface area contributed by atoms with E-state index in [9.17, 15) is 14.2 Å². The van der Waals surface area contributed by atoms with Crippen LogP contribution >= 0.6 is 7.60 Å². The average molecular weight is 340 g/mol. The predicted octanol–water partition coefficient (Wildman–Crippen LogP) is 3.11. The third kappa shape index (κ3) is 10.4. The molecule has 0 aliphatic carbocycles. The monoisotopic (exact) mass is 340 g/mol. The van der Waals surface area contributed by atoms with Crippen molar-refractivity contribution in [2.75, 3.05) is 6.16 Å². The Labute approximate surface area is 130 Å². The van der Waals surface area contributed by atoms with Crippen molar-refractivity contribution in [2.45, 2.75) is 59.7 Å². The van der Waals surface area contributed by atoms with E-state index in [2.05, 4.69) is 0 Å². The molecule has 0 saturated carbocycles. The lowest BCUT2D eigenvalue weighted by Crippen LogP contribution is -2.34. The number of amides is 2. The highest BCUT2D eigenvalue weighted by atomic mass is 31.2. The summed E-state index contributed by atoms with van der Waals surface area (Å²) in [7, 11) is -3.76. The highest BCUT2D eigenvalue weighted by molar-refractivity contribution is 7.53. The van der Waals surface area contributed by atoms with Gasteiger partial charge in [0, 0.05) is 0 Å². The third-order valence-electron chi connectivity index (χ3n) is 1.72. The Bertz CT molecular complexity index is 404. The molecule has 0 unspecified atom stereocenters. The summed E-state index contributed by atoms with van der Waals surface area (Å²) in [5.74, 6) is 0. The molecule has 2 amide bonds. The number of nitrogens with one attached hydrogen (secondary N) is 2. The number of ether oxygens (including phenoxy) is 2. The second-order valence-corrected chi connectivity index (χ2v) is 8.54. The van der Waals surface area contributed by atoms with Crippen LogP contribution in [0.25, 0.3) is 0 Å². The predicted molar refractivity (Wildman–Crippen MR) is 79.1 cm³/mol. The molecule has 0 heterocycles. The fourth-order valence-electron chi connectivity index (χ4n) is 0.959. The van der Waals surface area contributed by atoms with Crippen LogP contribution in [0.3, 0.4) is 0 Å². The van der Waals surface area contributed by atoms with Gasteiger partial charge in [-0.05, 0) is 41.5 Å². The fraction of sp³-hybridized carbons (Fsp3) is 0.833.